The first-order valence-electron chi connectivity index (χ1n) is 20.7. The molecule has 0 aromatic carbocycles. The first-order valence-corrected chi connectivity index (χ1v) is 23.7. The number of unbranched alkanes of at least 4 members (excludes halogenated alkanes) is 17. The maximum atomic E-state index is 12.6. The molecule has 0 aliphatic heterocycles. The average molecular weight is 825 g/mol. The molecule has 0 spiro atoms. The molecule has 0 aromatic rings. The van der Waals surface area contributed by atoms with E-state index < -0.39 is 66.2 Å². The summed E-state index contributed by atoms with van der Waals surface area (Å²) in [6.45, 7) is 1.69. The van der Waals surface area contributed by atoms with Gasteiger partial charge in [0.25, 0.3) is 0 Å². The number of hydrogen-bond donors (Lipinski definition) is 4. The number of allylic oxidation sites excluding steroid dienone is 6. The number of carbonyl (C=O) groups excluding carboxylic acids is 2. The van der Waals surface area contributed by atoms with E-state index in [1.165, 1.54) is 44.9 Å². The topological polar surface area (TPSA) is 195 Å². The number of phosphoric ester groups is 2. The van der Waals surface area contributed by atoms with Gasteiger partial charge in [-0.1, -0.05) is 121 Å². The van der Waals surface area contributed by atoms with Gasteiger partial charge in [0, 0.05) is 12.8 Å². The van der Waals surface area contributed by atoms with Crippen molar-refractivity contribution in [3.05, 3.63) is 36.5 Å². The average Bonchev–Trinajstić information content (AvgIpc) is 3.14. The third-order valence-corrected chi connectivity index (χ3v) is 9.93. The zero-order chi connectivity index (χ0) is 40.9. The number of rotatable bonds is 39. The Morgan fingerprint density at radius 1 is 0.527 bits per heavy atom. The Morgan fingerprint density at radius 2 is 0.945 bits per heavy atom. The van der Waals surface area contributed by atoms with Crippen molar-refractivity contribution >= 4 is 27.6 Å². The van der Waals surface area contributed by atoms with E-state index in [-0.39, 0.29) is 12.8 Å². The van der Waals surface area contributed by atoms with Crippen molar-refractivity contribution in [1.82, 2.24) is 0 Å². The molecule has 0 amide bonds. The Hall–Kier alpha value is -1.66. The summed E-state index contributed by atoms with van der Waals surface area (Å²) in [6, 6.07) is 0. The summed E-state index contributed by atoms with van der Waals surface area (Å²) in [7, 11) is -9.67. The van der Waals surface area contributed by atoms with Gasteiger partial charge in [-0.25, -0.2) is 9.13 Å². The standard InChI is InChI=1S/C40H74O13P2/c1-3-5-7-9-11-13-15-17-18-20-21-23-25-27-29-31-39(42)49-35-38(36-52-55(47,48)51-34-37(41)33-50-54(44,45)46)53-40(43)32-30-28-26-24-22-19-16-14-12-10-8-6-4-2/h11,13-14,16-18,37-38,41H,3-10,12,15,19-36H2,1-2H3,(H,47,48)(H2,44,45,46)/b13-11-,16-14-,18-17-/t37-,38+/m0/s1. The Kier molecular flexibility index (Phi) is 35.6. The van der Waals surface area contributed by atoms with Crippen molar-refractivity contribution in [2.75, 3.05) is 26.4 Å². The summed E-state index contributed by atoms with van der Waals surface area (Å²) in [6.07, 6.45) is 34.2. The highest BCUT2D eigenvalue weighted by molar-refractivity contribution is 7.47. The van der Waals surface area contributed by atoms with Crippen LogP contribution in [0.5, 0.6) is 0 Å². The molecule has 0 heterocycles. The van der Waals surface area contributed by atoms with E-state index in [0.717, 1.165) is 83.5 Å². The third kappa shape index (κ3) is 40.3. The number of esters is 2. The molecule has 0 saturated heterocycles. The van der Waals surface area contributed by atoms with Crippen LogP contribution < -0.4 is 0 Å². The van der Waals surface area contributed by atoms with Crippen LogP contribution in [0.1, 0.15) is 168 Å². The van der Waals surface area contributed by atoms with Gasteiger partial charge in [0.2, 0.25) is 0 Å². The van der Waals surface area contributed by atoms with Crippen LogP contribution in [0.2, 0.25) is 0 Å². The third-order valence-electron chi connectivity index (χ3n) is 8.49. The van der Waals surface area contributed by atoms with Gasteiger partial charge in [-0.2, -0.15) is 0 Å². The Bertz CT molecular complexity index is 1120. The van der Waals surface area contributed by atoms with Crippen molar-refractivity contribution in [3.8, 4) is 0 Å². The highest BCUT2D eigenvalue weighted by Crippen LogP contribution is 2.43. The molecule has 322 valence electrons. The molecule has 0 radical (unpaired) electrons. The molecule has 13 nitrogen and oxygen atoms in total. The predicted octanol–water partition coefficient (Wildman–Crippen LogP) is 10.1. The minimum atomic E-state index is -4.86. The van der Waals surface area contributed by atoms with Gasteiger partial charge in [-0.15, -0.1) is 0 Å². The molecule has 4 N–H and O–H groups in total. The minimum absolute atomic E-state index is 0.118. The summed E-state index contributed by atoms with van der Waals surface area (Å²) < 4.78 is 47.7. The SMILES string of the molecule is CCCCC/C=C\C/C=C\CCCCCCCC(=O)OC[C@H](COP(=O)(O)OC[C@@H](O)COP(=O)(O)O)OC(=O)CCCCCCC/C=C\CCCCCC. The van der Waals surface area contributed by atoms with Crippen LogP contribution in [-0.2, 0) is 41.8 Å². The molecule has 15 heteroatoms. The molecule has 0 bridgehead atoms. The minimum Gasteiger partial charge on any atom is -0.462 e. The van der Waals surface area contributed by atoms with Gasteiger partial charge < -0.3 is 29.3 Å². The first-order chi connectivity index (χ1) is 26.4. The highest BCUT2D eigenvalue weighted by Gasteiger charge is 2.28. The van der Waals surface area contributed by atoms with E-state index in [1.54, 1.807) is 0 Å². The summed E-state index contributed by atoms with van der Waals surface area (Å²) in [4.78, 5) is 52.5. The molecule has 55 heavy (non-hydrogen) atoms. The summed E-state index contributed by atoms with van der Waals surface area (Å²) >= 11 is 0. The fraction of sp³-hybridized carbons (Fsp3) is 0.800. The second-order valence-corrected chi connectivity index (χ2v) is 16.6. The molecule has 1 unspecified atom stereocenters. The number of hydrogen-bond acceptors (Lipinski definition) is 10. The van der Waals surface area contributed by atoms with Crippen LogP contribution >= 0.6 is 15.6 Å². The molecule has 0 aliphatic carbocycles. The Labute approximate surface area is 331 Å². The highest BCUT2D eigenvalue weighted by atomic mass is 31.2. The molecule has 0 rings (SSSR count). The molecular weight excluding hydrogens is 750 g/mol. The van der Waals surface area contributed by atoms with Crippen molar-refractivity contribution in [1.29, 1.82) is 0 Å². The van der Waals surface area contributed by atoms with Gasteiger partial charge in [-0.3, -0.25) is 23.2 Å². The van der Waals surface area contributed by atoms with Crippen LogP contribution in [0.15, 0.2) is 36.5 Å². The fourth-order valence-corrected chi connectivity index (χ4v) is 6.47. The molecule has 3 atom stereocenters. The van der Waals surface area contributed by atoms with Crippen LogP contribution in [0.25, 0.3) is 0 Å². The van der Waals surface area contributed by atoms with Crippen LogP contribution in [-0.4, -0.2) is 70.4 Å². The number of phosphoric acid groups is 2. The van der Waals surface area contributed by atoms with Crippen molar-refractivity contribution in [3.63, 3.8) is 0 Å². The van der Waals surface area contributed by atoms with E-state index in [4.69, 9.17) is 23.8 Å². The van der Waals surface area contributed by atoms with Crippen LogP contribution in [0.3, 0.4) is 0 Å². The molecular formula is C40H74O13P2. The van der Waals surface area contributed by atoms with E-state index in [1.807, 2.05) is 0 Å². The van der Waals surface area contributed by atoms with Crippen molar-refractivity contribution < 1.29 is 61.6 Å². The van der Waals surface area contributed by atoms with E-state index in [0.29, 0.717) is 12.8 Å². The van der Waals surface area contributed by atoms with Gasteiger partial charge >= 0.3 is 27.6 Å². The maximum absolute atomic E-state index is 12.6. The monoisotopic (exact) mass is 824 g/mol. The lowest BCUT2D eigenvalue weighted by Crippen LogP contribution is -2.30. The number of aliphatic hydroxyl groups excluding tert-OH is 1. The number of aliphatic hydroxyl groups is 1. The van der Waals surface area contributed by atoms with Gasteiger partial charge in [0.15, 0.2) is 6.10 Å². The molecule has 0 aliphatic rings. The van der Waals surface area contributed by atoms with E-state index in [2.05, 4.69) is 59.4 Å². The van der Waals surface area contributed by atoms with E-state index in [9.17, 15) is 28.7 Å². The number of carbonyl (C=O) groups is 2. The Balaban J connectivity index is 4.58. The lowest BCUT2D eigenvalue weighted by atomic mass is 10.1. The van der Waals surface area contributed by atoms with Crippen LogP contribution in [0.4, 0.5) is 0 Å². The number of ether oxygens (including phenoxy) is 2. The quantitative estimate of drug-likeness (QED) is 0.0198. The van der Waals surface area contributed by atoms with Gasteiger partial charge in [0.1, 0.15) is 12.7 Å². The molecule has 0 aromatic heterocycles. The first kappa shape index (κ1) is 53.3. The predicted molar refractivity (Wildman–Crippen MR) is 216 cm³/mol. The Morgan fingerprint density at radius 3 is 1.49 bits per heavy atom. The van der Waals surface area contributed by atoms with Crippen molar-refractivity contribution in [2.45, 2.75) is 180 Å². The van der Waals surface area contributed by atoms with Gasteiger partial charge in [-0.05, 0) is 70.6 Å². The normalized spacial score (nSPS) is 14.5. The lowest BCUT2D eigenvalue weighted by molar-refractivity contribution is -0.161. The second kappa shape index (κ2) is 36.7. The molecule has 0 fully saturated rings. The zero-order valence-electron chi connectivity index (χ0n) is 33.8. The smallest absolute Gasteiger partial charge is 0.462 e. The summed E-state index contributed by atoms with van der Waals surface area (Å²) in [5.41, 5.74) is 0. The molecule has 0 saturated carbocycles. The van der Waals surface area contributed by atoms with Crippen molar-refractivity contribution in [2.24, 2.45) is 0 Å². The van der Waals surface area contributed by atoms with E-state index >= 15 is 0 Å². The lowest BCUT2D eigenvalue weighted by Gasteiger charge is -2.20. The summed E-state index contributed by atoms with van der Waals surface area (Å²) in [5, 5.41) is 9.72. The zero-order valence-corrected chi connectivity index (χ0v) is 35.6. The summed E-state index contributed by atoms with van der Waals surface area (Å²) in [5.74, 6) is -1.06. The maximum Gasteiger partial charge on any atom is 0.472 e. The largest absolute Gasteiger partial charge is 0.472 e. The second-order valence-electron chi connectivity index (χ2n) is 13.9. The fourth-order valence-electron chi connectivity index (χ4n) is 5.31. The van der Waals surface area contributed by atoms with Crippen LogP contribution in [0, 0.1) is 0 Å². The van der Waals surface area contributed by atoms with Gasteiger partial charge in [0.05, 0.1) is 19.8 Å².